The fourth-order valence-corrected chi connectivity index (χ4v) is 1.97. The van der Waals surface area contributed by atoms with Crippen LogP contribution in [0.4, 0.5) is 0 Å². The van der Waals surface area contributed by atoms with Gasteiger partial charge in [0.2, 0.25) is 10.0 Å². The van der Waals surface area contributed by atoms with Crippen molar-refractivity contribution in [3.05, 3.63) is 0 Å². The van der Waals surface area contributed by atoms with Gasteiger partial charge < -0.3 is 5.73 Å². The van der Waals surface area contributed by atoms with Crippen LogP contribution in [0.3, 0.4) is 0 Å². The summed E-state index contributed by atoms with van der Waals surface area (Å²) in [5.74, 6) is 0.666. The highest BCUT2D eigenvalue weighted by Crippen LogP contribution is 1.97. The van der Waals surface area contributed by atoms with Crippen LogP contribution in [0.5, 0.6) is 0 Å². The number of nitrogens with one attached hydrogen (secondary N) is 1. The fourth-order valence-electron chi connectivity index (χ4n) is 0.849. The van der Waals surface area contributed by atoms with E-state index >= 15 is 0 Å². The van der Waals surface area contributed by atoms with Crippen LogP contribution in [0.25, 0.3) is 0 Å². The van der Waals surface area contributed by atoms with E-state index in [-0.39, 0.29) is 5.75 Å². The summed E-state index contributed by atoms with van der Waals surface area (Å²) < 4.78 is 25.0. The molecule has 0 radical (unpaired) electrons. The van der Waals surface area contributed by atoms with Crippen LogP contribution in [0.15, 0.2) is 0 Å². The third kappa shape index (κ3) is 8.21. The second kappa shape index (κ2) is 6.34. The van der Waals surface area contributed by atoms with Crippen LogP contribution in [-0.2, 0) is 10.0 Å². The second-order valence-electron chi connectivity index (χ2n) is 3.54. The smallest absolute Gasteiger partial charge is 0.211 e. The van der Waals surface area contributed by atoms with E-state index in [1.807, 2.05) is 0 Å². The standard InChI is InChI=1S/C8H20N2O2S/c1-8(2)4-6-10-13(11,12)7-3-5-9/h8,10H,3-7,9H2,1-2H3. The number of hydrogen-bond acceptors (Lipinski definition) is 3. The zero-order valence-corrected chi connectivity index (χ0v) is 9.23. The molecule has 0 amide bonds. The molecule has 5 heteroatoms. The largest absolute Gasteiger partial charge is 0.330 e. The predicted molar refractivity (Wildman–Crippen MR) is 54.9 cm³/mol. The van der Waals surface area contributed by atoms with Crippen molar-refractivity contribution in [2.75, 3.05) is 18.8 Å². The van der Waals surface area contributed by atoms with Crippen LogP contribution in [-0.4, -0.2) is 27.3 Å². The van der Waals surface area contributed by atoms with Crippen molar-refractivity contribution in [1.82, 2.24) is 4.72 Å². The van der Waals surface area contributed by atoms with Gasteiger partial charge in [-0.05, 0) is 25.3 Å². The molecule has 0 heterocycles. The lowest BCUT2D eigenvalue weighted by Gasteiger charge is -2.07. The average molecular weight is 208 g/mol. The van der Waals surface area contributed by atoms with Gasteiger partial charge in [0, 0.05) is 6.54 Å². The Balaban J connectivity index is 3.64. The average Bonchev–Trinajstić information content (AvgIpc) is 2.00. The Labute approximate surface area is 80.9 Å². The Bertz CT molecular complexity index is 212. The summed E-state index contributed by atoms with van der Waals surface area (Å²) in [7, 11) is -3.07. The number of hydrogen-bond donors (Lipinski definition) is 2. The van der Waals surface area contributed by atoms with E-state index in [4.69, 9.17) is 5.73 Å². The van der Waals surface area contributed by atoms with Crippen LogP contribution in [0.1, 0.15) is 26.7 Å². The van der Waals surface area contributed by atoms with Gasteiger partial charge in [0.25, 0.3) is 0 Å². The SMILES string of the molecule is CC(C)CCNS(=O)(=O)CCCN. The van der Waals surface area contributed by atoms with E-state index in [2.05, 4.69) is 18.6 Å². The Morgan fingerprint density at radius 1 is 1.38 bits per heavy atom. The van der Waals surface area contributed by atoms with Crippen molar-refractivity contribution >= 4 is 10.0 Å². The minimum absolute atomic E-state index is 0.140. The molecule has 80 valence electrons. The first-order valence-corrected chi connectivity index (χ1v) is 6.30. The molecule has 3 N–H and O–H groups in total. The van der Waals surface area contributed by atoms with Gasteiger partial charge in [-0.2, -0.15) is 0 Å². The van der Waals surface area contributed by atoms with Crippen molar-refractivity contribution < 1.29 is 8.42 Å². The summed E-state index contributed by atoms with van der Waals surface area (Å²) in [5.41, 5.74) is 5.22. The van der Waals surface area contributed by atoms with Crippen LogP contribution in [0, 0.1) is 5.92 Å². The Kier molecular flexibility index (Phi) is 6.28. The summed E-state index contributed by atoms with van der Waals surface area (Å²) in [6, 6.07) is 0. The minimum atomic E-state index is -3.07. The van der Waals surface area contributed by atoms with Gasteiger partial charge >= 0.3 is 0 Å². The maximum atomic E-state index is 11.2. The summed E-state index contributed by atoms with van der Waals surface area (Å²) in [4.78, 5) is 0. The topological polar surface area (TPSA) is 72.2 Å². The molecule has 0 aromatic carbocycles. The van der Waals surface area contributed by atoms with E-state index in [0.717, 1.165) is 6.42 Å². The van der Waals surface area contributed by atoms with Crippen molar-refractivity contribution in [3.8, 4) is 0 Å². The van der Waals surface area contributed by atoms with Gasteiger partial charge in [0.1, 0.15) is 0 Å². The molecule has 13 heavy (non-hydrogen) atoms. The molecule has 0 saturated heterocycles. The van der Waals surface area contributed by atoms with E-state index in [9.17, 15) is 8.42 Å². The van der Waals surface area contributed by atoms with E-state index in [1.54, 1.807) is 0 Å². The summed E-state index contributed by atoms with van der Waals surface area (Å²) in [5, 5.41) is 0. The van der Waals surface area contributed by atoms with Gasteiger partial charge in [-0.1, -0.05) is 13.8 Å². The molecule has 0 spiro atoms. The van der Waals surface area contributed by atoms with Crippen molar-refractivity contribution in [3.63, 3.8) is 0 Å². The Morgan fingerprint density at radius 2 is 2.00 bits per heavy atom. The van der Waals surface area contributed by atoms with Gasteiger partial charge in [-0.25, -0.2) is 13.1 Å². The highest BCUT2D eigenvalue weighted by Gasteiger charge is 2.08. The molecule has 0 aliphatic heterocycles. The molecule has 0 aliphatic carbocycles. The quantitative estimate of drug-likeness (QED) is 0.632. The van der Waals surface area contributed by atoms with Gasteiger partial charge in [-0.3, -0.25) is 0 Å². The summed E-state index contributed by atoms with van der Waals surface area (Å²) >= 11 is 0. The summed E-state index contributed by atoms with van der Waals surface area (Å²) in [6.45, 7) is 5.08. The van der Waals surface area contributed by atoms with E-state index in [0.29, 0.717) is 25.4 Å². The fraction of sp³-hybridized carbons (Fsp3) is 1.00. The zero-order chi connectivity index (χ0) is 10.3. The molecular formula is C8H20N2O2S. The predicted octanol–water partition coefficient (Wildman–Crippen LogP) is 0.301. The number of sulfonamides is 1. The van der Waals surface area contributed by atoms with Crippen LogP contribution >= 0.6 is 0 Å². The first-order valence-electron chi connectivity index (χ1n) is 4.65. The molecular weight excluding hydrogens is 188 g/mol. The lowest BCUT2D eigenvalue weighted by atomic mass is 10.1. The van der Waals surface area contributed by atoms with Gasteiger partial charge in [-0.15, -0.1) is 0 Å². The molecule has 0 saturated carbocycles. The van der Waals surface area contributed by atoms with Crippen molar-refractivity contribution in [1.29, 1.82) is 0 Å². The Morgan fingerprint density at radius 3 is 2.46 bits per heavy atom. The molecule has 4 nitrogen and oxygen atoms in total. The van der Waals surface area contributed by atoms with Crippen molar-refractivity contribution in [2.24, 2.45) is 11.7 Å². The molecule has 0 unspecified atom stereocenters. The van der Waals surface area contributed by atoms with Crippen LogP contribution < -0.4 is 10.5 Å². The molecule has 0 aromatic rings. The molecule has 0 rings (SSSR count). The first kappa shape index (κ1) is 12.9. The lowest BCUT2D eigenvalue weighted by molar-refractivity contribution is 0.550. The maximum absolute atomic E-state index is 11.2. The molecule has 0 bridgehead atoms. The third-order valence-electron chi connectivity index (χ3n) is 1.66. The molecule has 0 fully saturated rings. The van der Waals surface area contributed by atoms with Gasteiger partial charge in [0.05, 0.1) is 5.75 Å². The third-order valence-corrected chi connectivity index (χ3v) is 3.13. The van der Waals surface area contributed by atoms with Crippen molar-refractivity contribution in [2.45, 2.75) is 26.7 Å². The van der Waals surface area contributed by atoms with Gasteiger partial charge in [0.15, 0.2) is 0 Å². The second-order valence-corrected chi connectivity index (χ2v) is 5.46. The van der Waals surface area contributed by atoms with E-state index < -0.39 is 10.0 Å². The Hall–Kier alpha value is -0.130. The monoisotopic (exact) mass is 208 g/mol. The normalized spacial score (nSPS) is 12.3. The van der Waals surface area contributed by atoms with E-state index in [1.165, 1.54) is 0 Å². The summed E-state index contributed by atoms with van der Waals surface area (Å²) in [6.07, 6.45) is 1.40. The highest BCUT2D eigenvalue weighted by atomic mass is 32.2. The number of rotatable bonds is 7. The maximum Gasteiger partial charge on any atom is 0.211 e. The first-order chi connectivity index (χ1) is 5.98. The molecule has 0 aromatic heterocycles. The highest BCUT2D eigenvalue weighted by molar-refractivity contribution is 7.89. The molecule has 0 aliphatic rings. The zero-order valence-electron chi connectivity index (χ0n) is 8.41. The lowest BCUT2D eigenvalue weighted by Crippen LogP contribution is -2.28. The van der Waals surface area contributed by atoms with Crippen LogP contribution in [0.2, 0.25) is 0 Å². The number of nitrogens with two attached hydrogens (primary N) is 1. The molecule has 0 atom stereocenters. The minimum Gasteiger partial charge on any atom is -0.330 e.